The molecule has 1 aliphatic heterocycles. The second kappa shape index (κ2) is 11.0. The van der Waals surface area contributed by atoms with Crippen LogP contribution in [0, 0.1) is 0 Å². The number of ether oxygens (including phenoxy) is 3. The number of hydrogen-bond donors (Lipinski definition) is 3. The first-order valence-electron chi connectivity index (χ1n) is 10.8. The zero-order valence-corrected chi connectivity index (χ0v) is 18.8. The topological polar surface area (TPSA) is 126 Å². The number of phenols is 2. The normalized spacial score (nSPS) is 14.1. The molecule has 2 aromatic rings. The van der Waals surface area contributed by atoms with Crippen LogP contribution in [0.15, 0.2) is 24.3 Å². The summed E-state index contributed by atoms with van der Waals surface area (Å²) in [5, 5.41) is 29.9. The van der Waals surface area contributed by atoms with Crippen LogP contribution in [0.25, 0.3) is 0 Å². The van der Waals surface area contributed by atoms with Crippen LogP contribution in [0.3, 0.4) is 0 Å². The van der Waals surface area contributed by atoms with Gasteiger partial charge in [-0.2, -0.15) is 0 Å². The molecular weight excluding hydrogens is 430 g/mol. The Morgan fingerprint density at radius 1 is 1.06 bits per heavy atom. The van der Waals surface area contributed by atoms with Gasteiger partial charge in [0.15, 0.2) is 17.3 Å². The van der Waals surface area contributed by atoms with Gasteiger partial charge in [-0.3, -0.25) is 14.5 Å². The highest BCUT2D eigenvalue weighted by molar-refractivity contribution is 6.12. The predicted molar refractivity (Wildman–Crippen MR) is 120 cm³/mol. The van der Waals surface area contributed by atoms with Crippen molar-refractivity contribution >= 4 is 11.8 Å². The van der Waals surface area contributed by atoms with Crippen LogP contribution in [0.4, 0.5) is 0 Å². The number of aromatic hydroxyl groups is 2. The minimum atomic E-state index is -1.18. The van der Waals surface area contributed by atoms with E-state index in [-0.39, 0.29) is 22.4 Å². The Kier molecular flexibility index (Phi) is 8.13. The molecule has 1 heterocycles. The van der Waals surface area contributed by atoms with Crippen molar-refractivity contribution in [2.45, 2.75) is 19.8 Å². The fourth-order valence-electron chi connectivity index (χ4n) is 3.92. The van der Waals surface area contributed by atoms with Gasteiger partial charge in [-0.15, -0.1) is 0 Å². The first kappa shape index (κ1) is 24.3. The molecule has 0 unspecified atom stereocenters. The molecule has 1 saturated heterocycles. The average molecular weight is 459 g/mol. The lowest BCUT2D eigenvalue weighted by molar-refractivity contribution is -0.136. The van der Waals surface area contributed by atoms with Gasteiger partial charge in [-0.1, -0.05) is 6.92 Å². The van der Waals surface area contributed by atoms with Gasteiger partial charge < -0.3 is 29.5 Å². The van der Waals surface area contributed by atoms with E-state index in [1.165, 1.54) is 19.2 Å². The molecule has 1 aliphatic rings. The minimum absolute atomic E-state index is 0.0947. The molecule has 0 amide bonds. The van der Waals surface area contributed by atoms with Gasteiger partial charge in [0, 0.05) is 31.3 Å². The highest BCUT2D eigenvalue weighted by Crippen LogP contribution is 2.36. The molecule has 2 aromatic carbocycles. The predicted octanol–water partition coefficient (Wildman–Crippen LogP) is 2.24. The SMILES string of the molecule is CCc1c(O)cc(O)c(C(=O)c2ccc(OCCN3CCOCC3)c(OC)c2)c1CC(=O)O. The van der Waals surface area contributed by atoms with Crippen LogP contribution in [-0.4, -0.2) is 78.5 Å². The minimum Gasteiger partial charge on any atom is -0.508 e. The second-order valence-corrected chi connectivity index (χ2v) is 7.67. The number of phenolic OH excluding ortho intramolecular Hbond substituents is 2. The van der Waals surface area contributed by atoms with E-state index in [2.05, 4.69) is 4.90 Å². The number of morpholine rings is 1. The molecule has 3 N–H and O–H groups in total. The Labute approximate surface area is 192 Å². The van der Waals surface area contributed by atoms with Crippen molar-refractivity contribution in [3.05, 3.63) is 46.5 Å². The van der Waals surface area contributed by atoms with Crippen molar-refractivity contribution in [2.75, 3.05) is 46.6 Å². The van der Waals surface area contributed by atoms with Crippen molar-refractivity contribution in [3.8, 4) is 23.0 Å². The number of rotatable bonds is 10. The lowest BCUT2D eigenvalue weighted by Crippen LogP contribution is -2.38. The molecule has 0 aliphatic carbocycles. The van der Waals surface area contributed by atoms with E-state index >= 15 is 0 Å². The molecule has 0 radical (unpaired) electrons. The zero-order chi connectivity index (χ0) is 24.0. The van der Waals surface area contributed by atoms with Crippen LogP contribution >= 0.6 is 0 Å². The number of hydrogen-bond acceptors (Lipinski definition) is 8. The summed E-state index contributed by atoms with van der Waals surface area (Å²) < 4.78 is 16.6. The highest BCUT2D eigenvalue weighted by atomic mass is 16.5. The molecule has 3 rings (SSSR count). The number of carboxylic acid groups (broad SMARTS) is 1. The highest BCUT2D eigenvalue weighted by Gasteiger charge is 2.25. The van der Waals surface area contributed by atoms with Gasteiger partial charge in [-0.25, -0.2) is 0 Å². The monoisotopic (exact) mass is 459 g/mol. The lowest BCUT2D eigenvalue weighted by Gasteiger charge is -2.26. The zero-order valence-electron chi connectivity index (χ0n) is 18.8. The number of carbonyl (C=O) groups excluding carboxylic acids is 1. The summed E-state index contributed by atoms with van der Waals surface area (Å²) in [5.74, 6) is -1.66. The number of ketones is 1. The Morgan fingerprint density at radius 3 is 2.42 bits per heavy atom. The Bertz CT molecular complexity index is 1010. The first-order valence-corrected chi connectivity index (χ1v) is 10.8. The van der Waals surface area contributed by atoms with Crippen molar-refractivity contribution in [2.24, 2.45) is 0 Å². The van der Waals surface area contributed by atoms with E-state index < -0.39 is 23.9 Å². The molecule has 178 valence electrons. The van der Waals surface area contributed by atoms with Gasteiger partial charge in [0.05, 0.1) is 32.3 Å². The van der Waals surface area contributed by atoms with Crippen LogP contribution < -0.4 is 9.47 Å². The maximum Gasteiger partial charge on any atom is 0.307 e. The summed E-state index contributed by atoms with van der Waals surface area (Å²) in [4.78, 5) is 26.9. The lowest BCUT2D eigenvalue weighted by atomic mass is 9.90. The summed E-state index contributed by atoms with van der Waals surface area (Å²) in [6, 6.07) is 5.71. The molecule has 0 atom stereocenters. The van der Waals surface area contributed by atoms with Crippen molar-refractivity contribution in [1.82, 2.24) is 4.90 Å². The summed E-state index contributed by atoms with van der Waals surface area (Å²) in [6.45, 7) is 6.00. The van der Waals surface area contributed by atoms with E-state index in [0.717, 1.165) is 25.7 Å². The summed E-state index contributed by atoms with van der Waals surface area (Å²) in [5.41, 5.74) is 0.461. The maximum absolute atomic E-state index is 13.3. The van der Waals surface area contributed by atoms with E-state index in [0.29, 0.717) is 43.3 Å². The standard InChI is InChI=1S/C24H29NO8/c1-3-16-17(13-22(28)29)23(19(27)14-18(16)26)24(30)15-4-5-20(21(12-15)31-2)33-11-8-25-6-9-32-10-7-25/h4-5,12,14,26-27H,3,6-11,13H2,1-2H3,(H,28,29). The number of carboxylic acids is 1. The maximum atomic E-state index is 13.3. The third-order valence-corrected chi connectivity index (χ3v) is 5.61. The van der Waals surface area contributed by atoms with Gasteiger partial charge >= 0.3 is 5.97 Å². The summed E-state index contributed by atoms with van der Waals surface area (Å²) in [7, 11) is 1.46. The van der Waals surface area contributed by atoms with Crippen LogP contribution in [0.1, 0.15) is 34.0 Å². The number of aliphatic carboxylic acids is 1. The molecule has 0 spiro atoms. The molecule has 33 heavy (non-hydrogen) atoms. The third kappa shape index (κ3) is 5.74. The van der Waals surface area contributed by atoms with Crippen LogP contribution in [-0.2, 0) is 22.4 Å². The van der Waals surface area contributed by atoms with Gasteiger partial charge in [0.2, 0.25) is 0 Å². The van der Waals surface area contributed by atoms with Gasteiger partial charge in [-0.05, 0) is 35.7 Å². The Morgan fingerprint density at radius 2 is 1.79 bits per heavy atom. The quantitative estimate of drug-likeness (QED) is 0.459. The Balaban J connectivity index is 1.86. The summed E-state index contributed by atoms with van der Waals surface area (Å²) >= 11 is 0. The summed E-state index contributed by atoms with van der Waals surface area (Å²) in [6.07, 6.45) is -0.208. The van der Waals surface area contributed by atoms with Gasteiger partial charge in [0.1, 0.15) is 18.1 Å². The number of carbonyl (C=O) groups is 2. The fraction of sp³-hybridized carbons (Fsp3) is 0.417. The van der Waals surface area contributed by atoms with Gasteiger partial charge in [0.25, 0.3) is 0 Å². The van der Waals surface area contributed by atoms with Crippen molar-refractivity contribution in [1.29, 1.82) is 0 Å². The third-order valence-electron chi connectivity index (χ3n) is 5.61. The largest absolute Gasteiger partial charge is 0.508 e. The number of benzene rings is 2. The van der Waals surface area contributed by atoms with Crippen molar-refractivity contribution in [3.63, 3.8) is 0 Å². The Hall–Kier alpha value is -3.30. The molecule has 1 fully saturated rings. The second-order valence-electron chi connectivity index (χ2n) is 7.67. The van der Waals surface area contributed by atoms with E-state index in [4.69, 9.17) is 14.2 Å². The number of nitrogens with zero attached hydrogens (tertiary/aromatic N) is 1. The molecule has 0 bridgehead atoms. The smallest absolute Gasteiger partial charge is 0.307 e. The molecule has 0 saturated carbocycles. The van der Waals surface area contributed by atoms with E-state index in [9.17, 15) is 24.9 Å². The first-order chi connectivity index (χ1) is 15.8. The fourth-order valence-corrected chi connectivity index (χ4v) is 3.92. The van der Waals surface area contributed by atoms with Crippen molar-refractivity contribution < 1.29 is 39.1 Å². The molecule has 0 aromatic heterocycles. The molecule has 9 heteroatoms. The average Bonchev–Trinajstić information content (AvgIpc) is 2.79. The molecular formula is C24H29NO8. The van der Waals surface area contributed by atoms with Crippen LogP contribution in [0.5, 0.6) is 23.0 Å². The molecule has 9 nitrogen and oxygen atoms in total. The number of methoxy groups -OCH3 is 1. The van der Waals surface area contributed by atoms with E-state index in [1.807, 2.05) is 0 Å². The van der Waals surface area contributed by atoms with Crippen LogP contribution in [0.2, 0.25) is 0 Å². The van der Waals surface area contributed by atoms with E-state index in [1.54, 1.807) is 13.0 Å².